The molecule has 0 spiro atoms. The monoisotopic (exact) mass is 201 g/mol. The van der Waals surface area contributed by atoms with Crippen LogP contribution < -0.4 is 4.74 Å². The predicted octanol–water partition coefficient (Wildman–Crippen LogP) is 3.11. The van der Waals surface area contributed by atoms with Crippen molar-refractivity contribution < 1.29 is 4.74 Å². The Hall–Kier alpha value is -1.57. The molecule has 0 aliphatic rings. The normalized spacial score (nSPS) is 10.6. The van der Waals surface area contributed by atoms with Gasteiger partial charge in [0.05, 0.1) is 12.6 Å². The van der Waals surface area contributed by atoms with Crippen molar-refractivity contribution in [3.05, 3.63) is 35.5 Å². The number of hydrogen-bond acceptors (Lipinski definition) is 2. The van der Waals surface area contributed by atoms with Gasteiger partial charge in [-0.05, 0) is 37.1 Å². The second-order valence-electron chi connectivity index (χ2n) is 3.65. The van der Waals surface area contributed by atoms with Crippen LogP contribution >= 0.6 is 0 Å². The molecule has 1 aromatic heterocycles. The molecule has 0 aliphatic heterocycles. The predicted molar refractivity (Wildman–Crippen MR) is 62.4 cm³/mol. The molecule has 0 atom stereocenters. The summed E-state index contributed by atoms with van der Waals surface area (Å²) in [5, 5.41) is 1.18. The minimum absolute atomic E-state index is 0.860. The summed E-state index contributed by atoms with van der Waals surface area (Å²) in [6.07, 6.45) is 1.03. The second-order valence-corrected chi connectivity index (χ2v) is 3.65. The summed E-state index contributed by atoms with van der Waals surface area (Å²) in [4.78, 5) is 4.58. The average Bonchev–Trinajstić information content (AvgIpc) is 2.27. The topological polar surface area (TPSA) is 22.1 Å². The molecule has 0 saturated heterocycles. The first-order chi connectivity index (χ1) is 7.24. The Kier molecular flexibility index (Phi) is 2.58. The first kappa shape index (κ1) is 9.97. The third-order valence-electron chi connectivity index (χ3n) is 2.70. The standard InChI is InChI=1S/C13H15NO/c1-4-10-7-11-5-6-12(15-3)8-13(11)14-9(10)2/h5-8H,4H2,1-3H3. The number of methoxy groups -OCH3 is 1. The van der Waals surface area contributed by atoms with Crippen LogP contribution in [0.2, 0.25) is 0 Å². The Balaban J connectivity index is 2.65. The highest BCUT2D eigenvalue weighted by Gasteiger charge is 2.02. The number of pyridine rings is 1. The Morgan fingerprint density at radius 2 is 2.07 bits per heavy atom. The molecule has 0 unspecified atom stereocenters. The molecule has 0 bridgehead atoms. The van der Waals surface area contributed by atoms with Gasteiger partial charge in [-0.2, -0.15) is 0 Å². The van der Waals surface area contributed by atoms with Crippen LogP contribution in [0.1, 0.15) is 18.2 Å². The minimum atomic E-state index is 0.860. The number of fused-ring (bicyclic) bond motifs is 1. The number of benzene rings is 1. The summed E-state index contributed by atoms with van der Waals surface area (Å²) >= 11 is 0. The number of nitrogens with zero attached hydrogens (tertiary/aromatic N) is 1. The molecular formula is C13H15NO. The van der Waals surface area contributed by atoms with Crippen molar-refractivity contribution in [3.8, 4) is 5.75 Å². The Morgan fingerprint density at radius 1 is 1.27 bits per heavy atom. The zero-order valence-corrected chi connectivity index (χ0v) is 9.37. The second kappa shape index (κ2) is 3.89. The van der Waals surface area contributed by atoms with Crippen LogP contribution in [0, 0.1) is 6.92 Å². The van der Waals surface area contributed by atoms with Gasteiger partial charge in [0, 0.05) is 17.1 Å². The van der Waals surface area contributed by atoms with Crippen molar-refractivity contribution in [3.63, 3.8) is 0 Å². The summed E-state index contributed by atoms with van der Waals surface area (Å²) in [5.41, 5.74) is 3.43. The van der Waals surface area contributed by atoms with Crippen molar-refractivity contribution in [2.24, 2.45) is 0 Å². The summed E-state index contributed by atoms with van der Waals surface area (Å²) in [6, 6.07) is 8.21. The highest BCUT2D eigenvalue weighted by atomic mass is 16.5. The molecule has 2 heteroatoms. The quantitative estimate of drug-likeness (QED) is 0.744. The maximum absolute atomic E-state index is 5.18. The summed E-state index contributed by atoms with van der Waals surface area (Å²) < 4.78 is 5.18. The average molecular weight is 201 g/mol. The van der Waals surface area contributed by atoms with Gasteiger partial charge in [0.25, 0.3) is 0 Å². The third-order valence-corrected chi connectivity index (χ3v) is 2.70. The Bertz CT molecular complexity index is 491. The molecular weight excluding hydrogens is 186 g/mol. The van der Waals surface area contributed by atoms with Crippen LogP contribution in [-0.2, 0) is 6.42 Å². The lowest BCUT2D eigenvalue weighted by molar-refractivity contribution is 0.415. The van der Waals surface area contributed by atoms with Crippen LogP contribution in [0.15, 0.2) is 24.3 Å². The first-order valence-corrected chi connectivity index (χ1v) is 5.19. The van der Waals surface area contributed by atoms with Crippen molar-refractivity contribution >= 4 is 10.9 Å². The molecule has 1 aromatic carbocycles. The van der Waals surface area contributed by atoms with Gasteiger partial charge in [0.1, 0.15) is 5.75 Å². The lowest BCUT2D eigenvalue weighted by atomic mass is 10.1. The van der Waals surface area contributed by atoms with Crippen molar-refractivity contribution in [2.45, 2.75) is 20.3 Å². The molecule has 2 nitrogen and oxygen atoms in total. The van der Waals surface area contributed by atoms with Gasteiger partial charge in [-0.1, -0.05) is 6.92 Å². The van der Waals surface area contributed by atoms with Crippen LogP contribution in [-0.4, -0.2) is 12.1 Å². The highest BCUT2D eigenvalue weighted by Crippen LogP contribution is 2.21. The Morgan fingerprint density at radius 3 is 2.73 bits per heavy atom. The molecule has 1 heterocycles. The van der Waals surface area contributed by atoms with Crippen molar-refractivity contribution in [1.29, 1.82) is 0 Å². The molecule has 2 rings (SSSR count). The molecule has 78 valence electrons. The fraction of sp³-hybridized carbons (Fsp3) is 0.308. The number of rotatable bonds is 2. The van der Waals surface area contributed by atoms with Crippen LogP contribution in [0.4, 0.5) is 0 Å². The van der Waals surface area contributed by atoms with Gasteiger partial charge in [-0.3, -0.25) is 4.98 Å². The smallest absolute Gasteiger partial charge is 0.121 e. The summed E-state index contributed by atoms with van der Waals surface area (Å²) in [7, 11) is 1.68. The van der Waals surface area contributed by atoms with Crippen molar-refractivity contribution in [2.75, 3.05) is 7.11 Å². The lowest BCUT2D eigenvalue weighted by Gasteiger charge is -2.06. The lowest BCUT2D eigenvalue weighted by Crippen LogP contribution is -1.92. The molecule has 2 aromatic rings. The van der Waals surface area contributed by atoms with E-state index in [1.165, 1.54) is 10.9 Å². The zero-order chi connectivity index (χ0) is 10.8. The maximum atomic E-state index is 5.18. The van der Waals surface area contributed by atoms with Crippen LogP contribution in [0.3, 0.4) is 0 Å². The molecule has 0 saturated carbocycles. The molecule has 0 aliphatic carbocycles. The van der Waals surface area contributed by atoms with Gasteiger partial charge in [-0.15, -0.1) is 0 Å². The Labute approximate surface area is 89.9 Å². The first-order valence-electron chi connectivity index (χ1n) is 5.19. The van der Waals surface area contributed by atoms with E-state index in [1.807, 2.05) is 12.1 Å². The van der Waals surface area contributed by atoms with E-state index in [4.69, 9.17) is 4.74 Å². The van der Waals surface area contributed by atoms with E-state index < -0.39 is 0 Å². The third kappa shape index (κ3) is 1.80. The minimum Gasteiger partial charge on any atom is -0.497 e. The van der Waals surface area contributed by atoms with Gasteiger partial charge < -0.3 is 4.74 Å². The fourth-order valence-electron chi connectivity index (χ4n) is 1.77. The van der Waals surface area contributed by atoms with Gasteiger partial charge in [0.15, 0.2) is 0 Å². The summed E-state index contributed by atoms with van der Waals surface area (Å²) in [5.74, 6) is 0.860. The van der Waals surface area contributed by atoms with E-state index in [9.17, 15) is 0 Å². The van der Waals surface area contributed by atoms with Gasteiger partial charge in [-0.25, -0.2) is 0 Å². The van der Waals surface area contributed by atoms with E-state index in [1.54, 1.807) is 7.11 Å². The SMILES string of the molecule is CCc1cc2ccc(OC)cc2nc1C. The van der Waals surface area contributed by atoms with E-state index in [-0.39, 0.29) is 0 Å². The molecule has 15 heavy (non-hydrogen) atoms. The molecule has 0 radical (unpaired) electrons. The summed E-state index contributed by atoms with van der Waals surface area (Å²) in [6.45, 7) is 4.21. The number of ether oxygens (including phenoxy) is 1. The van der Waals surface area contributed by atoms with E-state index in [2.05, 4.69) is 31.0 Å². The highest BCUT2D eigenvalue weighted by molar-refractivity contribution is 5.81. The van der Waals surface area contributed by atoms with Crippen LogP contribution in [0.25, 0.3) is 10.9 Å². The largest absolute Gasteiger partial charge is 0.497 e. The van der Waals surface area contributed by atoms with Crippen LogP contribution in [0.5, 0.6) is 5.75 Å². The van der Waals surface area contributed by atoms with E-state index >= 15 is 0 Å². The van der Waals surface area contributed by atoms with Gasteiger partial charge >= 0.3 is 0 Å². The van der Waals surface area contributed by atoms with Crippen molar-refractivity contribution in [1.82, 2.24) is 4.98 Å². The maximum Gasteiger partial charge on any atom is 0.121 e. The van der Waals surface area contributed by atoms with E-state index in [0.29, 0.717) is 0 Å². The fourth-order valence-corrected chi connectivity index (χ4v) is 1.77. The molecule has 0 N–H and O–H groups in total. The van der Waals surface area contributed by atoms with Gasteiger partial charge in [0.2, 0.25) is 0 Å². The molecule has 0 fully saturated rings. The molecule has 0 amide bonds. The number of aromatic nitrogens is 1. The number of hydrogen-bond donors (Lipinski definition) is 0. The number of aryl methyl sites for hydroxylation is 2. The zero-order valence-electron chi connectivity index (χ0n) is 9.37. The van der Waals surface area contributed by atoms with E-state index in [0.717, 1.165) is 23.4 Å².